The van der Waals surface area contributed by atoms with E-state index in [2.05, 4.69) is 17.4 Å². The summed E-state index contributed by atoms with van der Waals surface area (Å²) in [5, 5.41) is 3.22. The molecule has 0 radical (unpaired) electrons. The first-order valence-electron chi connectivity index (χ1n) is 8.07. The summed E-state index contributed by atoms with van der Waals surface area (Å²) in [4.78, 5) is 14.7. The van der Waals surface area contributed by atoms with Crippen LogP contribution < -0.4 is 10.2 Å². The third kappa shape index (κ3) is 4.81. The summed E-state index contributed by atoms with van der Waals surface area (Å²) in [5.74, 6) is 0.0272. The number of amides is 1. The van der Waals surface area contributed by atoms with E-state index in [1.807, 2.05) is 53.4 Å². The molecule has 1 saturated heterocycles. The lowest BCUT2D eigenvalue weighted by Crippen LogP contribution is -2.50. The molecule has 0 aliphatic carbocycles. The summed E-state index contributed by atoms with van der Waals surface area (Å²) in [5.41, 5.74) is 2.14. The van der Waals surface area contributed by atoms with Gasteiger partial charge in [-0.3, -0.25) is 4.79 Å². The average molecular weight is 347 g/mol. The number of morpholine rings is 1. The lowest BCUT2D eigenvalue weighted by molar-refractivity contribution is -0.131. The van der Waals surface area contributed by atoms with E-state index in [4.69, 9.17) is 4.74 Å². The van der Waals surface area contributed by atoms with Gasteiger partial charge in [-0.25, -0.2) is 0 Å². The molecule has 3 rings (SSSR count). The Morgan fingerprint density at radius 2 is 1.75 bits per heavy atom. The van der Waals surface area contributed by atoms with Crippen molar-refractivity contribution >= 4 is 24.0 Å². The van der Waals surface area contributed by atoms with Crippen molar-refractivity contribution in [2.45, 2.75) is 12.5 Å². The molecule has 2 aromatic rings. The largest absolute Gasteiger partial charge is 0.366 e. The quantitative estimate of drug-likeness (QED) is 0.905. The van der Waals surface area contributed by atoms with Gasteiger partial charge >= 0.3 is 0 Å². The number of carbonyl (C=O) groups is 1. The van der Waals surface area contributed by atoms with Gasteiger partial charge in [0.15, 0.2) is 0 Å². The second-order valence-corrected chi connectivity index (χ2v) is 5.62. The number of nitrogens with zero attached hydrogens (tertiary/aromatic N) is 1. The van der Waals surface area contributed by atoms with E-state index in [-0.39, 0.29) is 18.3 Å². The maximum atomic E-state index is 12.9. The van der Waals surface area contributed by atoms with Gasteiger partial charge < -0.3 is 15.0 Å². The highest BCUT2D eigenvalue weighted by atomic mass is 35.5. The van der Waals surface area contributed by atoms with Crippen molar-refractivity contribution in [2.75, 3.05) is 31.1 Å². The molecule has 4 nitrogen and oxygen atoms in total. The van der Waals surface area contributed by atoms with Crippen molar-refractivity contribution in [2.24, 2.45) is 0 Å². The van der Waals surface area contributed by atoms with Crippen LogP contribution in [-0.4, -0.2) is 38.3 Å². The number of nitrogens with one attached hydrogen (secondary N) is 1. The summed E-state index contributed by atoms with van der Waals surface area (Å²) in [6, 6.07) is 20.1. The fraction of sp³-hybridized carbons (Fsp3) is 0.316. The predicted molar refractivity (Wildman–Crippen MR) is 98.8 cm³/mol. The fourth-order valence-electron chi connectivity index (χ4n) is 2.76. The first-order chi connectivity index (χ1) is 11.3. The van der Waals surface area contributed by atoms with Crippen molar-refractivity contribution in [3.63, 3.8) is 0 Å². The van der Waals surface area contributed by atoms with Crippen LogP contribution in [0.3, 0.4) is 0 Å². The van der Waals surface area contributed by atoms with Gasteiger partial charge in [-0.05, 0) is 24.1 Å². The minimum absolute atomic E-state index is 0. The highest BCUT2D eigenvalue weighted by molar-refractivity contribution is 5.96. The topological polar surface area (TPSA) is 41.6 Å². The molecule has 0 aromatic heterocycles. The van der Waals surface area contributed by atoms with Crippen LogP contribution in [0.15, 0.2) is 60.7 Å². The van der Waals surface area contributed by atoms with E-state index >= 15 is 0 Å². The number of hydrogen-bond donors (Lipinski definition) is 1. The molecule has 1 atom stereocenters. The van der Waals surface area contributed by atoms with Crippen molar-refractivity contribution in [3.05, 3.63) is 66.2 Å². The van der Waals surface area contributed by atoms with E-state index in [0.717, 1.165) is 18.7 Å². The number of ether oxygens (including phenoxy) is 1. The zero-order chi connectivity index (χ0) is 15.9. The predicted octanol–water partition coefficient (Wildman–Crippen LogP) is 2.67. The van der Waals surface area contributed by atoms with Crippen LogP contribution in [-0.2, 0) is 16.0 Å². The van der Waals surface area contributed by atoms with Gasteiger partial charge in [0, 0.05) is 25.3 Å². The molecule has 0 spiro atoms. The number of carbonyl (C=O) groups excluding carboxylic acids is 1. The van der Waals surface area contributed by atoms with Gasteiger partial charge in [0.1, 0.15) is 6.10 Å². The molecule has 1 unspecified atom stereocenters. The molecule has 1 amide bonds. The average Bonchev–Trinajstić information content (AvgIpc) is 2.64. The molecule has 1 fully saturated rings. The van der Waals surface area contributed by atoms with Crippen molar-refractivity contribution < 1.29 is 9.53 Å². The molecule has 128 valence electrons. The Kier molecular flexibility index (Phi) is 7.25. The first-order valence-corrected chi connectivity index (χ1v) is 8.07. The third-order valence-electron chi connectivity index (χ3n) is 4.00. The van der Waals surface area contributed by atoms with Crippen LogP contribution in [0.1, 0.15) is 5.56 Å². The maximum Gasteiger partial charge on any atom is 0.257 e. The Bertz CT molecular complexity index is 616. The second kappa shape index (κ2) is 9.42. The van der Waals surface area contributed by atoms with Gasteiger partial charge in [-0.1, -0.05) is 48.5 Å². The number of para-hydroxylation sites is 1. The highest BCUT2D eigenvalue weighted by Crippen LogP contribution is 2.17. The smallest absolute Gasteiger partial charge is 0.257 e. The highest BCUT2D eigenvalue weighted by Gasteiger charge is 2.27. The van der Waals surface area contributed by atoms with E-state index in [1.54, 1.807) is 0 Å². The minimum atomic E-state index is -0.403. The molecule has 0 bridgehead atoms. The molecular weight excluding hydrogens is 324 g/mol. The van der Waals surface area contributed by atoms with Gasteiger partial charge in [-0.15, -0.1) is 12.4 Å². The number of halogens is 1. The zero-order valence-electron chi connectivity index (χ0n) is 13.6. The van der Waals surface area contributed by atoms with Crippen LogP contribution in [0.5, 0.6) is 0 Å². The van der Waals surface area contributed by atoms with Gasteiger partial charge in [0.25, 0.3) is 5.91 Å². The maximum absolute atomic E-state index is 12.9. The fourth-order valence-corrected chi connectivity index (χ4v) is 2.76. The molecule has 1 aliphatic heterocycles. The molecule has 1 aliphatic rings. The van der Waals surface area contributed by atoms with Crippen molar-refractivity contribution in [1.29, 1.82) is 0 Å². The van der Waals surface area contributed by atoms with E-state index < -0.39 is 6.10 Å². The normalized spacial score (nSPS) is 16.9. The van der Waals surface area contributed by atoms with Crippen LogP contribution in [0.25, 0.3) is 0 Å². The van der Waals surface area contributed by atoms with Crippen LogP contribution in [0.4, 0.5) is 5.69 Å². The van der Waals surface area contributed by atoms with E-state index in [9.17, 15) is 4.79 Å². The zero-order valence-corrected chi connectivity index (χ0v) is 14.4. The lowest BCUT2D eigenvalue weighted by Gasteiger charge is -2.30. The molecule has 2 aromatic carbocycles. The minimum Gasteiger partial charge on any atom is -0.366 e. The summed E-state index contributed by atoms with van der Waals surface area (Å²) in [7, 11) is 0. The van der Waals surface area contributed by atoms with Gasteiger partial charge in [0.2, 0.25) is 0 Å². The molecule has 1 heterocycles. The number of benzene rings is 2. The molecular formula is C19H23ClN2O2. The standard InChI is InChI=1S/C19H22N2O2.ClH/c22-19(18-15-20-12-14-23-18)21(17-9-5-2-6-10-17)13-11-16-7-3-1-4-8-16;/h1-10,18,20H,11-15H2;1H. The van der Waals surface area contributed by atoms with Crippen molar-refractivity contribution in [1.82, 2.24) is 5.32 Å². The number of anilines is 1. The Morgan fingerprint density at radius 3 is 2.38 bits per heavy atom. The summed E-state index contributed by atoms with van der Waals surface area (Å²) >= 11 is 0. The molecule has 24 heavy (non-hydrogen) atoms. The monoisotopic (exact) mass is 346 g/mol. The lowest BCUT2D eigenvalue weighted by atomic mass is 10.1. The van der Waals surface area contributed by atoms with Crippen molar-refractivity contribution in [3.8, 4) is 0 Å². The van der Waals surface area contributed by atoms with E-state index in [1.165, 1.54) is 5.56 Å². The van der Waals surface area contributed by atoms with Crippen LogP contribution in [0, 0.1) is 0 Å². The summed E-state index contributed by atoms with van der Waals surface area (Å²) in [6.07, 6.45) is 0.418. The Morgan fingerprint density at radius 1 is 1.08 bits per heavy atom. The van der Waals surface area contributed by atoms with Gasteiger partial charge in [0.05, 0.1) is 6.61 Å². The van der Waals surface area contributed by atoms with Crippen LogP contribution >= 0.6 is 12.4 Å². The second-order valence-electron chi connectivity index (χ2n) is 5.62. The Labute approximate surface area is 149 Å². The van der Waals surface area contributed by atoms with Gasteiger partial charge in [-0.2, -0.15) is 0 Å². The molecule has 0 saturated carbocycles. The van der Waals surface area contributed by atoms with E-state index in [0.29, 0.717) is 19.7 Å². The summed E-state index contributed by atoms with van der Waals surface area (Å²) < 4.78 is 5.64. The Balaban J connectivity index is 0.00000208. The third-order valence-corrected chi connectivity index (χ3v) is 4.00. The summed E-state index contributed by atoms with van der Waals surface area (Å²) in [6.45, 7) is 2.61. The van der Waals surface area contributed by atoms with Crippen LogP contribution in [0.2, 0.25) is 0 Å². The number of hydrogen-bond acceptors (Lipinski definition) is 3. The molecule has 1 N–H and O–H groups in total. The SMILES string of the molecule is Cl.O=C(C1CNCCO1)N(CCc1ccccc1)c1ccccc1. The molecule has 5 heteroatoms. The number of rotatable bonds is 5. The first kappa shape index (κ1) is 18.5. The Hall–Kier alpha value is -1.88.